The van der Waals surface area contributed by atoms with Gasteiger partial charge in [-0.1, -0.05) is 59.7 Å². The van der Waals surface area contributed by atoms with Crippen molar-refractivity contribution in [2.75, 3.05) is 6.61 Å². The van der Waals surface area contributed by atoms with Gasteiger partial charge in [-0.25, -0.2) is 0 Å². The fourth-order valence-corrected chi connectivity index (χ4v) is 4.89. The molecule has 2 fully saturated rings. The Labute approximate surface area is 163 Å². The first kappa shape index (κ1) is 19.5. The normalized spacial score (nSPS) is 40.2. The van der Waals surface area contributed by atoms with E-state index in [1.54, 1.807) is 36.4 Å². The number of aliphatic hydroxyl groups excluding tert-OH is 3. The van der Waals surface area contributed by atoms with E-state index in [-0.39, 0.29) is 0 Å². The Kier molecular flexibility index (Phi) is 4.25. The van der Waals surface area contributed by atoms with Crippen molar-refractivity contribution in [3.05, 3.63) is 70.8 Å². The Hall–Kier alpha value is -1.80. The zero-order chi connectivity index (χ0) is 20.5. The molecule has 7 atom stereocenters. The Balaban J connectivity index is 1.77. The zero-order valence-electron chi connectivity index (χ0n) is 15.8. The molecule has 0 radical (unpaired) electrons. The van der Waals surface area contributed by atoms with Gasteiger partial charge in [0.25, 0.3) is 0 Å². The van der Waals surface area contributed by atoms with E-state index in [1.807, 2.05) is 26.0 Å². The second-order valence-corrected chi connectivity index (χ2v) is 8.29. The first-order valence-corrected chi connectivity index (χ1v) is 9.41. The maximum Gasteiger partial charge on any atom is 0.138 e. The van der Waals surface area contributed by atoms with Crippen molar-refractivity contribution in [3.63, 3.8) is 0 Å². The Morgan fingerprint density at radius 2 is 1.32 bits per heavy atom. The maximum atomic E-state index is 11.5. The standard InChI is InChI=1S/C22H26O6/c1-12-3-7-14(8-4-12)17-19(25)21(17,27)22(28)18(20(22,26)16(24)11-23)15-9-5-13(2)6-10-15/h3-10,16-19,23-28H,11H2,1-2H3/t16-,17?,18?,19?,20+,21+,22+/m1/s1. The first-order chi connectivity index (χ1) is 13.1. The van der Waals surface area contributed by atoms with E-state index < -0.39 is 47.5 Å². The molecular weight excluding hydrogens is 360 g/mol. The van der Waals surface area contributed by atoms with E-state index in [1.165, 1.54) is 0 Å². The van der Waals surface area contributed by atoms with Gasteiger partial charge in [0, 0.05) is 5.92 Å². The lowest BCUT2D eigenvalue weighted by Gasteiger charge is -2.25. The highest BCUT2D eigenvalue weighted by Gasteiger charge is 2.94. The number of rotatable bonds is 5. The molecule has 6 N–H and O–H groups in total. The number of aryl methyl sites for hydroxylation is 2. The molecule has 2 aromatic carbocycles. The molecule has 3 unspecified atom stereocenters. The van der Waals surface area contributed by atoms with Crippen LogP contribution in [-0.2, 0) is 0 Å². The molecule has 6 heteroatoms. The lowest BCUT2D eigenvalue weighted by atomic mass is 9.96. The Morgan fingerprint density at radius 1 is 0.857 bits per heavy atom. The first-order valence-electron chi connectivity index (χ1n) is 9.41. The van der Waals surface area contributed by atoms with Crippen molar-refractivity contribution in [2.24, 2.45) is 0 Å². The number of aliphatic hydroxyl groups is 6. The SMILES string of the molecule is Cc1ccc(C2C(O)[C@]2(O)[C@]2(O)C(c3ccc(C)cc3)[C@@]2(O)[C@H](O)CO)cc1. The molecule has 0 spiro atoms. The van der Waals surface area contributed by atoms with Crippen molar-refractivity contribution >= 4 is 0 Å². The smallest absolute Gasteiger partial charge is 0.138 e. The molecule has 0 amide bonds. The van der Waals surface area contributed by atoms with Gasteiger partial charge in [0.1, 0.15) is 22.9 Å². The minimum atomic E-state index is -2.22. The fraction of sp³-hybridized carbons (Fsp3) is 0.455. The quantitative estimate of drug-likeness (QED) is 0.434. The number of benzene rings is 2. The van der Waals surface area contributed by atoms with Crippen LogP contribution in [0.2, 0.25) is 0 Å². The molecule has 2 aliphatic rings. The predicted octanol–water partition coefficient (Wildman–Crippen LogP) is 0.105. The minimum Gasteiger partial charge on any atom is -0.394 e. The highest BCUT2D eigenvalue weighted by atomic mass is 16.5. The molecule has 2 aromatic rings. The third kappa shape index (κ3) is 2.24. The molecule has 0 aromatic heterocycles. The third-order valence-corrected chi connectivity index (χ3v) is 6.66. The van der Waals surface area contributed by atoms with Gasteiger partial charge in [0.05, 0.1) is 18.6 Å². The summed E-state index contributed by atoms with van der Waals surface area (Å²) in [6.07, 6.45) is -2.99. The van der Waals surface area contributed by atoms with Crippen LogP contribution in [0.25, 0.3) is 0 Å². The highest BCUT2D eigenvalue weighted by molar-refractivity contribution is 5.56. The molecule has 0 heterocycles. The van der Waals surface area contributed by atoms with Crippen LogP contribution in [0.3, 0.4) is 0 Å². The largest absolute Gasteiger partial charge is 0.394 e. The van der Waals surface area contributed by atoms with E-state index in [0.29, 0.717) is 11.1 Å². The molecule has 0 bridgehead atoms. The van der Waals surface area contributed by atoms with Crippen LogP contribution < -0.4 is 0 Å². The average molecular weight is 386 g/mol. The van der Waals surface area contributed by atoms with Gasteiger partial charge in [-0.2, -0.15) is 0 Å². The van der Waals surface area contributed by atoms with Gasteiger partial charge in [0.2, 0.25) is 0 Å². The van der Waals surface area contributed by atoms with Crippen molar-refractivity contribution in [1.29, 1.82) is 0 Å². The average Bonchev–Trinajstić information content (AvgIpc) is 3.45. The molecule has 6 nitrogen and oxygen atoms in total. The van der Waals surface area contributed by atoms with E-state index in [0.717, 1.165) is 11.1 Å². The van der Waals surface area contributed by atoms with Crippen molar-refractivity contribution in [1.82, 2.24) is 0 Å². The summed E-state index contributed by atoms with van der Waals surface area (Å²) in [6, 6.07) is 14.2. The van der Waals surface area contributed by atoms with Crippen LogP contribution in [-0.4, -0.2) is 66.3 Å². The second-order valence-electron chi connectivity index (χ2n) is 8.29. The highest BCUT2D eigenvalue weighted by Crippen LogP contribution is 2.75. The second kappa shape index (κ2) is 6.10. The van der Waals surface area contributed by atoms with Crippen molar-refractivity contribution < 1.29 is 30.6 Å². The van der Waals surface area contributed by atoms with E-state index >= 15 is 0 Å². The van der Waals surface area contributed by atoms with Crippen LogP contribution in [0.15, 0.2) is 48.5 Å². The van der Waals surface area contributed by atoms with Crippen molar-refractivity contribution in [3.8, 4) is 0 Å². The predicted molar refractivity (Wildman–Crippen MR) is 102 cm³/mol. The summed E-state index contributed by atoms with van der Waals surface area (Å²) in [5, 5.41) is 64.2. The van der Waals surface area contributed by atoms with Gasteiger partial charge in [-0.15, -0.1) is 0 Å². The lowest BCUT2D eigenvalue weighted by molar-refractivity contribution is -0.134. The fourth-order valence-electron chi connectivity index (χ4n) is 4.89. The zero-order valence-corrected chi connectivity index (χ0v) is 15.8. The third-order valence-electron chi connectivity index (χ3n) is 6.66. The summed E-state index contributed by atoms with van der Waals surface area (Å²) in [5.74, 6) is -1.87. The summed E-state index contributed by atoms with van der Waals surface area (Å²) in [4.78, 5) is 0. The van der Waals surface area contributed by atoms with Gasteiger partial charge >= 0.3 is 0 Å². The molecule has 150 valence electrons. The molecule has 2 aliphatic carbocycles. The van der Waals surface area contributed by atoms with Crippen molar-refractivity contribution in [2.45, 2.75) is 54.7 Å². The van der Waals surface area contributed by atoms with E-state index in [4.69, 9.17) is 0 Å². The number of hydrogen-bond acceptors (Lipinski definition) is 6. The van der Waals surface area contributed by atoms with Crippen LogP contribution in [0.5, 0.6) is 0 Å². The van der Waals surface area contributed by atoms with Gasteiger partial charge in [-0.3, -0.25) is 0 Å². The molecule has 28 heavy (non-hydrogen) atoms. The van der Waals surface area contributed by atoms with Gasteiger partial charge in [0.15, 0.2) is 0 Å². The molecular formula is C22H26O6. The topological polar surface area (TPSA) is 121 Å². The molecule has 0 aliphatic heterocycles. The Morgan fingerprint density at radius 3 is 1.79 bits per heavy atom. The van der Waals surface area contributed by atoms with Crippen LogP contribution >= 0.6 is 0 Å². The minimum absolute atomic E-state index is 0.512. The number of hydrogen-bond donors (Lipinski definition) is 6. The summed E-state index contributed by atoms with van der Waals surface area (Å²) >= 11 is 0. The van der Waals surface area contributed by atoms with E-state index in [2.05, 4.69) is 0 Å². The lowest BCUT2D eigenvalue weighted by Crippen LogP contribution is -2.49. The monoisotopic (exact) mass is 386 g/mol. The molecule has 0 saturated heterocycles. The van der Waals surface area contributed by atoms with Crippen LogP contribution in [0.4, 0.5) is 0 Å². The van der Waals surface area contributed by atoms with Crippen LogP contribution in [0.1, 0.15) is 34.1 Å². The van der Waals surface area contributed by atoms with Gasteiger partial charge in [-0.05, 0) is 25.0 Å². The molecule has 4 rings (SSSR count). The summed E-state index contributed by atoms with van der Waals surface area (Å²) in [6.45, 7) is 3.02. The van der Waals surface area contributed by atoms with Crippen LogP contribution in [0, 0.1) is 13.8 Å². The Bertz CT molecular complexity index is 881. The summed E-state index contributed by atoms with van der Waals surface area (Å²) in [7, 11) is 0. The van der Waals surface area contributed by atoms with Gasteiger partial charge < -0.3 is 30.6 Å². The molecule has 2 saturated carbocycles. The summed E-state index contributed by atoms with van der Waals surface area (Å²) in [5.41, 5.74) is -3.33. The summed E-state index contributed by atoms with van der Waals surface area (Å²) < 4.78 is 0. The maximum absolute atomic E-state index is 11.5. The van der Waals surface area contributed by atoms with E-state index in [9.17, 15) is 30.6 Å².